The van der Waals surface area contributed by atoms with Gasteiger partial charge in [0.15, 0.2) is 0 Å². The number of nitrogens with two attached hydrogens (primary N) is 1. The second-order valence-electron chi connectivity index (χ2n) is 5.06. The molecule has 0 aromatic rings. The summed E-state index contributed by atoms with van der Waals surface area (Å²) in [5.41, 5.74) is 5.30. The van der Waals surface area contributed by atoms with E-state index < -0.39 is 0 Å². The minimum absolute atomic E-state index is 0.190. The molecule has 3 unspecified atom stereocenters. The maximum absolute atomic E-state index is 11.1. The van der Waals surface area contributed by atoms with Crippen molar-refractivity contribution in [3.63, 3.8) is 0 Å². The molecule has 4 heteroatoms. The molecule has 3 atom stereocenters. The molecule has 3 N–H and O–H groups in total. The van der Waals surface area contributed by atoms with Crippen molar-refractivity contribution in [2.45, 2.75) is 45.2 Å². The molecule has 1 aliphatic heterocycles. The predicted molar refractivity (Wildman–Crippen MR) is 66.1 cm³/mol. The summed E-state index contributed by atoms with van der Waals surface area (Å²) in [4.78, 5) is 13.6. The lowest BCUT2D eigenvalue weighted by atomic mass is 9.94. The zero-order valence-electron chi connectivity index (χ0n) is 10.7. The minimum atomic E-state index is -0.250. The summed E-state index contributed by atoms with van der Waals surface area (Å²) in [6.45, 7) is 6.67. The van der Waals surface area contributed by atoms with Crippen molar-refractivity contribution in [3.8, 4) is 0 Å². The molecule has 0 radical (unpaired) electrons. The number of rotatable bonds is 5. The van der Waals surface area contributed by atoms with E-state index in [0.717, 1.165) is 25.4 Å². The molecular weight excluding hydrogens is 202 g/mol. The van der Waals surface area contributed by atoms with Gasteiger partial charge in [0.25, 0.3) is 0 Å². The maximum Gasteiger partial charge on any atom is 0.234 e. The van der Waals surface area contributed by atoms with Gasteiger partial charge in [-0.1, -0.05) is 6.92 Å². The minimum Gasteiger partial charge on any atom is -0.368 e. The lowest BCUT2D eigenvalue weighted by Gasteiger charge is -2.37. The molecular formula is C12H25N3O. The molecule has 94 valence electrons. The van der Waals surface area contributed by atoms with Crippen molar-refractivity contribution >= 4 is 5.91 Å². The molecule has 0 aliphatic carbocycles. The summed E-state index contributed by atoms with van der Waals surface area (Å²) in [5.74, 6) is 0.526. The predicted octanol–water partition coefficient (Wildman–Crippen LogP) is 0.570. The van der Waals surface area contributed by atoms with E-state index in [0.29, 0.717) is 6.04 Å². The highest BCUT2D eigenvalue weighted by Gasteiger charge is 2.23. The Bertz CT molecular complexity index is 232. The number of primary amides is 1. The maximum atomic E-state index is 11.1. The van der Waals surface area contributed by atoms with E-state index >= 15 is 0 Å². The number of nitrogens with zero attached hydrogens (tertiary/aromatic N) is 1. The lowest BCUT2D eigenvalue weighted by Crippen LogP contribution is -2.46. The lowest BCUT2D eigenvalue weighted by molar-refractivity contribution is -0.120. The molecule has 4 nitrogen and oxygen atoms in total. The number of piperidine rings is 1. The van der Waals surface area contributed by atoms with Gasteiger partial charge in [0, 0.05) is 19.1 Å². The van der Waals surface area contributed by atoms with Gasteiger partial charge in [0.1, 0.15) is 0 Å². The summed E-state index contributed by atoms with van der Waals surface area (Å²) in [6.07, 6.45) is 3.40. The Kier molecular flexibility index (Phi) is 5.22. The SMILES string of the molecule is CNC(CCN1CC(C)CCC1C)C(N)=O. The third-order valence-electron chi connectivity index (χ3n) is 3.64. The number of amides is 1. The smallest absolute Gasteiger partial charge is 0.234 e. The van der Waals surface area contributed by atoms with Gasteiger partial charge in [-0.3, -0.25) is 4.79 Å². The number of nitrogens with one attached hydrogen (secondary N) is 1. The molecule has 0 bridgehead atoms. The van der Waals surface area contributed by atoms with E-state index in [4.69, 9.17) is 5.73 Å². The average molecular weight is 227 g/mol. The van der Waals surface area contributed by atoms with Gasteiger partial charge in [0.2, 0.25) is 5.91 Å². The Morgan fingerprint density at radius 1 is 1.50 bits per heavy atom. The summed E-state index contributed by atoms with van der Waals surface area (Å²) < 4.78 is 0. The Hall–Kier alpha value is -0.610. The second-order valence-corrected chi connectivity index (χ2v) is 5.06. The number of hydrogen-bond acceptors (Lipinski definition) is 3. The van der Waals surface area contributed by atoms with Gasteiger partial charge in [-0.2, -0.15) is 0 Å². The van der Waals surface area contributed by atoms with Crippen LogP contribution in [0.15, 0.2) is 0 Å². The largest absolute Gasteiger partial charge is 0.368 e. The van der Waals surface area contributed by atoms with Gasteiger partial charge < -0.3 is 16.0 Å². The fraction of sp³-hybridized carbons (Fsp3) is 0.917. The van der Waals surface area contributed by atoms with Crippen LogP contribution in [0.5, 0.6) is 0 Å². The van der Waals surface area contributed by atoms with Crippen LogP contribution < -0.4 is 11.1 Å². The Labute approximate surface area is 98.6 Å². The van der Waals surface area contributed by atoms with Crippen LogP contribution in [0.4, 0.5) is 0 Å². The average Bonchev–Trinajstić information content (AvgIpc) is 2.23. The van der Waals surface area contributed by atoms with Crippen molar-refractivity contribution in [2.75, 3.05) is 20.1 Å². The molecule has 0 aromatic heterocycles. The monoisotopic (exact) mass is 227 g/mol. The Balaban J connectivity index is 2.37. The van der Waals surface area contributed by atoms with Crippen LogP contribution >= 0.6 is 0 Å². The van der Waals surface area contributed by atoms with Crippen LogP contribution in [0.25, 0.3) is 0 Å². The normalized spacial score (nSPS) is 28.9. The van der Waals surface area contributed by atoms with Gasteiger partial charge in [-0.15, -0.1) is 0 Å². The highest BCUT2D eigenvalue weighted by molar-refractivity contribution is 5.79. The number of likely N-dealkylation sites (N-methyl/N-ethyl adjacent to an activating group) is 1. The number of carbonyl (C=O) groups excluding carboxylic acids is 1. The van der Waals surface area contributed by atoms with Gasteiger partial charge in [-0.05, 0) is 39.2 Å². The van der Waals surface area contributed by atoms with Crippen LogP contribution in [-0.4, -0.2) is 43.0 Å². The van der Waals surface area contributed by atoms with Gasteiger partial charge in [0.05, 0.1) is 6.04 Å². The van der Waals surface area contributed by atoms with Crippen molar-refractivity contribution in [1.29, 1.82) is 0 Å². The molecule has 0 saturated carbocycles. The fourth-order valence-electron chi connectivity index (χ4n) is 2.42. The standard InChI is InChI=1S/C12H25N3O/c1-9-4-5-10(2)15(8-9)7-6-11(14-3)12(13)16/h9-11,14H,4-8H2,1-3H3,(H2,13,16). The fourth-order valence-corrected chi connectivity index (χ4v) is 2.42. The van der Waals surface area contributed by atoms with E-state index in [2.05, 4.69) is 24.1 Å². The first-order valence-electron chi connectivity index (χ1n) is 6.25. The quantitative estimate of drug-likeness (QED) is 0.722. The summed E-state index contributed by atoms with van der Waals surface area (Å²) in [6, 6.07) is 0.450. The molecule has 16 heavy (non-hydrogen) atoms. The Morgan fingerprint density at radius 3 is 2.75 bits per heavy atom. The number of hydrogen-bond donors (Lipinski definition) is 2. The van der Waals surface area contributed by atoms with Crippen LogP contribution in [0.2, 0.25) is 0 Å². The topological polar surface area (TPSA) is 58.4 Å². The van der Waals surface area contributed by atoms with Crippen LogP contribution in [0.3, 0.4) is 0 Å². The van der Waals surface area contributed by atoms with Gasteiger partial charge >= 0.3 is 0 Å². The van der Waals surface area contributed by atoms with E-state index in [1.165, 1.54) is 12.8 Å². The molecule has 1 rings (SSSR count). The van der Waals surface area contributed by atoms with E-state index in [-0.39, 0.29) is 11.9 Å². The van der Waals surface area contributed by atoms with Crippen molar-refractivity contribution < 1.29 is 4.79 Å². The third-order valence-corrected chi connectivity index (χ3v) is 3.64. The highest BCUT2D eigenvalue weighted by atomic mass is 16.1. The molecule has 1 aliphatic rings. The zero-order valence-corrected chi connectivity index (χ0v) is 10.7. The van der Waals surface area contributed by atoms with Crippen LogP contribution in [0, 0.1) is 5.92 Å². The molecule has 0 spiro atoms. The Morgan fingerprint density at radius 2 is 2.19 bits per heavy atom. The molecule has 1 saturated heterocycles. The van der Waals surface area contributed by atoms with Crippen molar-refractivity contribution in [2.24, 2.45) is 11.7 Å². The first-order chi connectivity index (χ1) is 7.54. The molecule has 1 fully saturated rings. The number of likely N-dealkylation sites (tertiary alicyclic amines) is 1. The van der Waals surface area contributed by atoms with E-state index in [9.17, 15) is 4.79 Å². The van der Waals surface area contributed by atoms with E-state index in [1.54, 1.807) is 7.05 Å². The molecule has 1 amide bonds. The zero-order chi connectivity index (χ0) is 12.1. The van der Waals surface area contributed by atoms with Crippen molar-refractivity contribution in [3.05, 3.63) is 0 Å². The molecule has 0 aromatic carbocycles. The summed E-state index contributed by atoms with van der Waals surface area (Å²) in [5, 5.41) is 2.97. The summed E-state index contributed by atoms with van der Waals surface area (Å²) in [7, 11) is 1.79. The van der Waals surface area contributed by atoms with Crippen molar-refractivity contribution in [1.82, 2.24) is 10.2 Å². The van der Waals surface area contributed by atoms with Crippen LogP contribution in [0.1, 0.15) is 33.1 Å². The second kappa shape index (κ2) is 6.21. The van der Waals surface area contributed by atoms with E-state index in [1.807, 2.05) is 0 Å². The summed E-state index contributed by atoms with van der Waals surface area (Å²) >= 11 is 0. The van der Waals surface area contributed by atoms with Gasteiger partial charge in [-0.25, -0.2) is 0 Å². The third kappa shape index (κ3) is 3.76. The number of carbonyl (C=O) groups is 1. The molecule has 1 heterocycles. The van der Waals surface area contributed by atoms with Crippen LogP contribution in [-0.2, 0) is 4.79 Å². The highest BCUT2D eigenvalue weighted by Crippen LogP contribution is 2.21. The first-order valence-corrected chi connectivity index (χ1v) is 6.25. The first kappa shape index (κ1) is 13.5.